The Morgan fingerprint density at radius 2 is 1.71 bits per heavy atom. The number of anilines is 1. The van der Waals surface area contributed by atoms with E-state index in [0.717, 1.165) is 52.0 Å². The second-order valence-corrected chi connectivity index (χ2v) is 9.26. The monoisotopic (exact) mass is 453 g/mol. The van der Waals surface area contributed by atoms with Crippen molar-refractivity contribution in [1.82, 2.24) is 0 Å². The van der Waals surface area contributed by atoms with E-state index in [1.807, 2.05) is 44.2 Å². The summed E-state index contributed by atoms with van der Waals surface area (Å²) >= 11 is 0. The summed E-state index contributed by atoms with van der Waals surface area (Å²) in [6.45, 7) is 7.47. The molecule has 4 aromatic rings. The molecule has 34 heavy (non-hydrogen) atoms. The van der Waals surface area contributed by atoms with Crippen LogP contribution >= 0.6 is 0 Å². The van der Waals surface area contributed by atoms with Gasteiger partial charge in [0.2, 0.25) is 0 Å². The van der Waals surface area contributed by atoms with Crippen LogP contribution < -0.4 is 15.3 Å². The minimum atomic E-state index is -0.266. The lowest BCUT2D eigenvalue weighted by Crippen LogP contribution is -2.32. The second-order valence-electron chi connectivity index (χ2n) is 9.26. The predicted molar refractivity (Wildman–Crippen MR) is 138 cm³/mol. The fourth-order valence-electron chi connectivity index (χ4n) is 4.87. The molecular weight excluding hydrogens is 422 g/mol. The summed E-state index contributed by atoms with van der Waals surface area (Å²) in [7, 11) is 0. The Bertz CT molecular complexity index is 1370. The Morgan fingerprint density at radius 1 is 0.941 bits per heavy atom. The van der Waals surface area contributed by atoms with Crippen molar-refractivity contribution in [2.45, 2.75) is 53.0 Å². The molecule has 0 spiro atoms. The summed E-state index contributed by atoms with van der Waals surface area (Å²) in [6.07, 6.45) is 4.11. The zero-order valence-electron chi connectivity index (χ0n) is 20.2. The van der Waals surface area contributed by atoms with Gasteiger partial charge in [0.1, 0.15) is 11.3 Å². The molecule has 4 nitrogen and oxygen atoms in total. The fraction of sp³-hybridized carbons (Fsp3) is 0.300. The topological polar surface area (TPSA) is 42.7 Å². The Morgan fingerprint density at radius 3 is 2.44 bits per heavy atom. The van der Waals surface area contributed by atoms with Crippen LogP contribution in [-0.2, 0) is 19.4 Å². The number of hydrogen-bond acceptors (Lipinski definition) is 4. The number of rotatable bonds is 6. The van der Waals surface area contributed by atoms with Gasteiger partial charge < -0.3 is 14.1 Å². The maximum absolute atomic E-state index is 12.9. The van der Waals surface area contributed by atoms with E-state index in [1.54, 1.807) is 0 Å². The highest BCUT2D eigenvalue weighted by Gasteiger charge is 2.24. The first-order chi connectivity index (χ1) is 16.5. The molecule has 4 heteroatoms. The molecule has 174 valence electrons. The van der Waals surface area contributed by atoms with Gasteiger partial charge in [-0.2, -0.15) is 0 Å². The van der Waals surface area contributed by atoms with E-state index in [1.165, 1.54) is 18.4 Å². The van der Waals surface area contributed by atoms with Crippen LogP contribution in [0.2, 0.25) is 0 Å². The summed E-state index contributed by atoms with van der Waals surface area (Å²) in [6, 6.07) is 21.0. The molecule has 0 fully saturated rings. The SMILES string of the molecule is CCCCc1ccc(N2COc3c(cc4c(C)c(Cc5ccccc5)c(=O)oc4c3C)C2)cc1. The number of ether oxygens (including phenoxy) is 1. The van der Waals surface area contributed by atoms with Crippen molar-refractivity contribution in [3.63, 3.8) is 0 Å². The quantitative estimate of drug-likeness (QED) is 0.305. The average molecular weight is 454 g/mol. The lowest BCUT2D eigenvalue weighted by atomic mass is 9.96. The van der Waals surface area contributed by atoms with Crippen molar-refractivity contribution in [3.05, 3.63) is 104 Å². The average Bonchev–Trinajstić information content (AvgIpc) is 2.87. The Balaban J connectivity index is 1.49. The van der Waals surface area contributed by atoms with Gasteiger partial charge in [-0.15, -0.1) is 0 Å². The van der Waals surface area contributed by atoms with Gasteiger partial charge in [0.05, 0.1) is 0 Å². The van der Waals surface area contributed by atoms with E-state index in [-0.39, 0.29) is 5.63 Å². The third kappa shape index (κ3) is 4.21. The van der Waals surface area contributed by atoms with Crippen LogP contribution in [0.15, 0.2) is 69.9 Å². The van der Waals surface area contributed by atoms with Gasteiger partial charge in [-0.3, -0.25) is 0 Å². The number of hydrogen-bond donors (Lipinski definition) is 0. The van der Waals surface area contributed by atoms with Gasteiger partial charge in [-0.1, -0.05) is 55.8 Å². The van der Waals surface area contributed by atoms with Gasteiger partial charge >= 0.3 is 5.63 Å². The lowest BCUT2D eigenvalue weighted by Gasteiger charge is -2.32. The van der Waals surface area contributed by atoms with Crippen LogP contribution in [0.3, 0.4) is 0 Å². The molecule has 3 aromatic carbocycles. The molecule has 0 unspecified atom stereocenters. The summed E-state index contributed by atoms with van der Waals surface area (Å²) in [5.74, 6) is 0.835. The first-order valence-corrected chi connectivity index (χ1v) is 12.1. The minimum absolute atomic E-state index is 0.266. The molecule has 1 aromatic heterocycles. The van der Waals surface area contributed by atoms with E-state index >= 15 is 0 Å². The predicted octanol–water partition coefficient (Wildman–Crippen LogP) is 6.70. The van der Waals surface area contributed by atoms with Crippen molar-refractivity contribution in [3.8, 4) is 5.75 Å². The van der Waals surface area contributed by atoms with E-state index in [9.17, 15) is 4.79 Å². The zero-order chi connectivity index (χ0) is 23.7. The van der Waals surface area contributed by atoms with E-state index in [0.29, 0.717) is 24.3 Å². The van der Waals surface area contributed by atoms with Crippen LogP contribution in [0.4, 0.5) is 5.69 Å². The van der Waals surface area contributed by atoms with Gasteiger partial charge in [-0.05, 0) is 61.6 Å². The molecule has 0 aliphatic carbocycles. The molecule has 0 saturated carbocycles. The molecule has 5 rings (SSSR count). The van der Waals surface area contributed by atoms with Crippen LogP contribution in [0, 0.1) is 13.8 Å². The minimum Gasteiger partial charge on any atom is -0.472 e. The van der Waals surface area contributed by atoms with Crippen LogP contribution in [0.1, 0.15) is 53.1 Å². The normalized spacial score (nSPS) is 13.1. The summed E-state index contributed by atoms with van der Waals surface area (Å²) in [5, 5.41) is 0.988. The number of unbranched alkanes of at least 4 members (excludes halogenated alkanes) is 1. The number of benzene rings is 3. The highest BCUT2D eigenvalue weighted by atomic mass is 16.5. The molecule has 0 amide bonds. The first kappa shape index (κ1) is 22.3. The number of fused-ring (bicyclic) bond motifs is 2. The summed E-state index contributed by atoms with van der Waals surface area (Å²) in [5.41, 5.74) is 7.72. The largest absolute Gasteiger partial charge is 0.472 e. The molecule has 0 radical (unpaired) electrons. The van der Waals surface area contributed by atoms with Gasteiger partial charge in [0, 0.05) is 40.7 Å². The van der Waals surface area contributed by atoms with E-state index in [4.69, 9.17) is 9.15 Å². The van der Waals surface area contributed by atoms with Crippen molar-refractivity contribution in [2.75, 3.05) is 11.6 Å². The number of aryl methyl sites for hydroxylation is 3. The Kier molecular flexibility index (Phi) is 6.14. The van der Waals surface area contributed by atoms with Gasteiger partial charge in [-0.25, -0.2) is 4.79 Å². The molecule has 1 aliphatic rings. The van der Waals surface area contributed by atoms with Crippen molar-refractivity contribution < 1.29 is 9.15 Å². The van der Waals surface area contributed by atoms with E-state index in [2.05, 4.69) is 42.2 Å². The van der Waals surface area contributed by atoms with Crippen molar-refractivity contribution >= 4 is 16.7 Å². The third-order valence-electron chi connectivity index (χ3n) is 6.90. The zero-order valence-corrected chi connectivity index (χ0v) is 20.2. The number of nitrogens with zero attached hydrogens (tertiary/aromatic N) is 1. The molecule has 0 saturated heterocycles. The molecule has 1 aliphatic heterocycles. The highest BCUT2D eigenvalue weighted by Crippen LogP contribution is 2.37. The molecule has 0 N–H and O–H groups in total. The Labute approximate surface area is 200 Å². The summed E-state index contributed by atoms with van der Waals surface area (Å²) in [4.78, 5) is 15.1. The molecule has 2 heterocycles. The van der Waals surface area contributed by atoms with Crippen LogP contribution in [0.5, 0.6) is 5.75 Å². The highest BCUT2D eigenvalue weighted by molar-refractivity contribution is 5.87. The molecule has 0 bridgehead atoms. The standard InChI is InChI=1S/C30H31NO3/c1-4-5-9-22-12-14-25(15-13-22)31-18-24-17-26-20(2)27(16-23-10-7-6-8-11-23)30(32)34-29(26)21(3)28(24)33-19-31/h6-8,10-15,17H,4-5,9,16,18-19H2,1-3H3. The second kappa shape index (κ2) is 9.38. The van der Waals surface area contributed by atoms with Crippen molar-refractivity contribution in [2.24, 2.45) is 0 Å². The van der Waals surface area contributed by atoms with E-state index < -0.39 is 0 Å². The van der Waals surface area contributed by atoms with Gasteiger partial charge in [0.15, 0.2) is 6.73 Å². The fourth-order valence-corrected chi connectivity index (χ4v) is 4.87. The maximum atomic E-state index is 12.9. The van der Waals surface area contributed by atoms with Crippen LogP contribution in [0.25, 0.3) is 11.0 Å². The molecular formula is C30H31NO3. The maximum Gasteiger partial charge on any atom is 0.340 e. The first-order valence-electron chi connectivity index (χ1n) is 12.1. The summed E-state index contributed by atoms with van der Waals surface area (Å²) < 4.78 is 12.0. The Hall–Kier alpha value is -3.53. The lowest BCUT2D eigenvalue weighted by molar-refractivity contribution is 0.287. The van der Waals surface area contributed by atoms with Gasteiger partial charge in [0.25, 0.3) is 0 Å². The molecule has 0 atom stereocenters. The smallest absolute Gasteiger partial charge is 0.340 e. The van der Waals surface area contributed by atoms with Crippen molar-refractivity contribution in [1.29, 1.82) is 0 Å². The third-order valence-corrected chi connectivity index (χ3v) is 6.90. The van der Waals surface area contributed by atoms with Crippen LogP contribution in [-0.4, -0.2) is 6.73 Å².